The second kappa shape index (κ2) is 6.09. The monoisotopic (exact) mass is 381 g/mol. The number of fused-ring (bicyclic) bond motifs is 1. The molecule has 5 N–H and O–H groups in total. The van der Waals surface area contributed by atoms with Gasteiger partial charge in [-0.1, -0.05) is 0 Å². The van der Waals surface area contributed by atoms with Crippen molar-refractivity contribution in [3.63, 3.8) is 0 Å². The molecule has 1 aromatic carbocycles. The van der Waals surface area contributed by atoms with E-state index < -0.39 is 39.9 Å². The van der Waals surface area contributed by atoms with Crippen LogP contribution in [0, 0.1) is 0 Å². The average molecular weight is 381 g/mol. The van der Waals surface area contributed by atoms with Gasteiger partial charge in [-0.25, -0.2) is 10.2 Å². The van der Waals surface area contributed by atoms with Crippen LogP contribution in [0.5, 0.6) is 17.2 Å². The number of thioether (sulfide) groups is 1. The van der Waals surface area contributed by atoms with Crippen molar-refractivity contribution in [2.45, 2.75) is 29.5 Å². The van der Waals surface area contributed by atoms with Gasteiger partial charge in [-0.15, -0.1) is 11.8 Å². The molecule has 138 valence electrons. The first-order valence-corrected chi connectivity index (χ1v) is 8.34. The van der Waals surface area contributed by atoms with Crippen molar-refractivity contribution < 1.29 is 34.8 Å². The van der Waals surface area contributed by atoms with Gasteiger partial charge in [-0.3, -0.25) is 9.59 Å². The highest BCUT2D eigenvalue weighted by molar-refractivity contribution is 8.02. The highest BCUT2D eigenvalue weighted by atomic mass is 32.2. The van der Waals surface area contributed by atoms with Crippen molar-refractivity contribution in [3.8, 4) is 17.2 Å². The van der Waals surface area contributed by atoms with E-state index >= 15 is 0 Å². The zero-order valence-electron chi connectivity index (χ0n) is 13.4. The summed E-state index contributed by atoms with van der Waals surface area (Å²) in [5, 5.41) is 41.3. The summed E-state index contributed by atoms with van der Waals surface area (Å²) in [6.07, 6.45) is 1.49. The lowest BCUT2D eigenvalue weighted by Gasteiger charge is -2.36. The number of carboxylic acid groups (broad SMARTS) is 1. The van der Waals surface area contributed by atoms with Gasteiger partial charge in [-0.05, 0) is 19.1 Å². The number of carboxylic acids is 1. The Labute approximate surface area is 151 Å². The number of rotatable bonds is 4. The Morgan fingerprint density at radius 2 is 2.04 bits per heavy atom. The van der Waals surface area contributed by atoms with E-state index in [0.717, 1.165) is 12.1 Å². The molecule has 0 aromatic heterocycles. The van der Waals surface area contributed by atoms with E-state index in [-0.39, 0.29) is 23.3 Å². The third-order valence-electron chi connectivity index (χ3n) is 4.25. The largest absolute Gasteiger partial charge is 0.504 e. The van der Waals surface area contributed by atoms with E-state index in [2.05, 4.69) is 10.5 Å². The molecule has 0 saturated carbocycles. The molecule has 2 saturated heterocycles. The van der Waals surface area contributed by atoms with Crippen LogP contribution in [0.2, 0.25) is 0 Å². The summed E-state index contributed by atoms with van der Waals surface area (Å²) in [4.78, 5) is 36.5. The quantitative estimate of drug-likeness (QED) is 0.211. The lowest BCUT2D eigenvalue weighted by atomic mass is 9.97. The van der Waals surface area contributed by atoms with Gasteiger partial charge >= 0.3 is 5.97 Å². The molecule has 11 heteroatoms. The van der Waals surface area contributed by atoms with Gasteiger partial charge in [0.2, 0.25) is 11.7 Å². The minimum Gasteiger partial charge on any atom is -0.504 e. The van der Waals surface area contributed by atoms with Crippen LogP contribution in [0.1, 0.15) is 23.7 Å². The number of benzene rings is 1. The summed E-state index contributed by atoms with van der Waals surface area (Å²) in [5.41, 5.74) is 1.80. The molecular weight excluding hydrogens is 366 g/mol. The number of phenols is 3. The van der Waals surface area contributed by atoms with Gasteiger partial charge in [0.1, 0.15) is 6.04 Å². The van der Waals surface area contributed by atoms with Crippen LogP contribution in [0.15, 0.2) is 17.2 Å². The number of nitrogens with one attached hydrogen (secondary N) is 1. The summed E-state index contributed by atoms with van der Waals surface area (Å²) in [6.45, 7) is 1.60. The molecule has 10 nitrogen and oxygen atoms in total. The second-order valence-electron chi connectivity index (χ2n) is 6.03. The molecule has 3 rings (SSSR count). The van der Waals surface area contributed by atoms with E-state index in [4.69, 9.17) is 0 Å². The molecule has 2 aliphatic rings. The molecule has 2 fully saturated rings. The third-order valence-corrected chi connectivity index (χ3v) is 5.76. The normalized spacial score (nSPS) is 27.3. The van der Waals surface area contributed by atoms with Gasteiger partial charge in [0.05, 0.1) is 22.1 Å². The van der Waals surface area contributed by atoms with Crippen molar-refractivity contribution in [2.24, 2.45) is 5.10 Å². The second-order valence-corrected chi connectivity index (χ2v) is 7.69. The van der Waals surface area contributed by atoms with E-state index in [1.54, 1.807) is 6.92 Å². The Morgan fingerprint density at radius 3 is 2.65 bits per heavy atom. The van der Waals surface area contributed by atoms with Crippen LogP contribution < -0.4 is 5.43 Å². The number of nitrogens with zero attached hydrogens (tertiary/aromatic N) is 2. The highest BCUT2D eigenvalue weighted by Gasteiger charge is 2.60. The number of aliphatic carboxylic acids is 1. The van der Waals surface area contributed by atoms with Crippen LogP contribution >= 0.6 is 11.8 Å². The molecule has 0 unspecified atom stereocenters. The van der Waals surface area contributed by atoms with Crippen LogP contribution in [0.4, 0.5) is 0 Å². The molecule has 0 bridgehead atoms. The molecule has 2 aliphatic heterocycles. The fourth-order valence-corrected chi connectivity index (χ4v) is 4.56. The lowest BCUT2D eigenvalue weighted by molar-refractivity contribution is -0.156. The number of hydrazone groups is 1. The number of hydrogen-bond acceptors (Lipinski definition) is 8. The van der Waals surface area contributed by atoms with Crippen molar-refractivity contribution in [1.29, 1.82) is 0 Å². The summed E-state index contributed by atoms with van der Waals surface area (Å²) < 4.78 is -1.05. The average Bonchev–Trinajstić information content (AvgIpc) is 2.80. The lowest BCUT2D eigenvalue weighted by Crippen LogP contribution is -2.57. The third kappa shape index (κ3) is 2.69. The SMILES string of the molecule is C[C@@]1(/C=N/NC(=O)c2ccc(O)c(O)c2O)S[C@@H]2CC(=O)N2[C@H]1C(=O)O. The van der Waals surface area contributed by atoms with E-state index in [9.17, 15) is 34.8 Å². The maximum absolute atomic E-state index is 12.1. The number of β-lactam (4-membered cyclic amide) rings is 1. The van der Waals surface area contributed by atoms with Crippen molar-refractivity contribution in [3.05, 3.63) is 17.7 Å². The maximum Gasteiger partial charge on any atom is 0.328 e. The summed E-state index contributed by atoms with van der Waals surface area (Å²) in [7, 11) is 0. The molecule has 2 heterocycles. The Bertz CT molecular complexity index is 843. The van der Waals surface area contributed by atoms with E-state index in [0.29, 0.717) is 0 Å². The molecular formula is C15H15N3O7S. The van der Waals surface area contributed by atoms with Crippen molar-refractivity contribution in [2.75, 3.05) is 0 Å². The van der Waals surface area contributed by atoms with Gasteiger partial charge < -0.3 is 25.3 Å². The fourth-order valence-electron chi connectivity index (χ4n) is 2.94. The van der Waals surface area contributed by atoms with Crippen LogP contribution in [0.25, 0.3) is 0 Å². The molecule has 0 radical (unpaired) electrons. The number of phenolic OH excluding ortho intramolecular Hbond substituents is 3. The number of amides is 2. The Hall–Kier alpha value is -2.95. The maximum atomic E-state index is 12.1. The number of carbonyl (C=O) groups excluding carboxylic acids is 2. The minimum absolute atomic E-state index is 0.242. The predicted octanol–water partition coefficient (Wildman–Crippen LogP) is 0.0361. The standard InChI is InChI=1S/C15H15N3O7S/c1-15(12(14(24)25)18-8(20)4-9(18)26-15)5-16-17-13(23)6-2-3-7(19)11(22)10(6)21/h2-3,5,9,12,19,21-22H,4H2,1H3,(H,17,23)(H,24,25)/b16-5+/t9-,12+,15+/m1/s1. The zero-order chi connectivity index (χ0) is 19.2. The summed E-state index contributed by atoms with van der Waals surface area (Å²) >= 11 is 1.26. The molecule has 1 aromatic rings. The molecule has 26 heavy (non-hydrogen) atoms. The molecule has 2 amide bonds. The van der Waals surface area contributed by atoms with Crippen molar-refractivity contribution in [1.82, 2.24) is 10.3 Å². The first-order valence-electron chi connectivity index (χ1n) is 7.46. The smallest absolute Gasteiger partial charge is 0.328 e. The number of hydrogen-bond donors (Lipinski definition) is 5. The Balaban J connectivity index is 1.76. The minimum atomic E-state index is -1.17. The van der Waals surface area contributed by atoms with Crippen LogP contribution in [-0.2, 0) is 9.59 Å². The Morgan fingerprint density at radius 1 is 1.35 bits per heavy atom. The van der Waals surface area contributed by atoms with Gasteiger partial charge in [0, 0.05) is 6.21 Å². The van der Waals surface area contributed by atoms with Gasteiger partial charge in [0.25, 0.3) is 5.91 Å². The van der Waals surface area contributed by atoms with Crippen LogP contribution in [-0.4, -0.2) is 65.5 Å². The summed E-state index contributed by atoms with van der Waals surface area (Å²) in [6, 6.07) is 1.01. The number of carbonyl (C=O) groups is 3. The zero-order valence-corrected chi connectivity index (χ0v) is 14.2. The van der Waals surface area contributed by atoms with Crippen LogP contribution in [0.3, 0.4) is 0 Å². The summed E-state index contributed by atoms with van der Waals surface area (Å²) in [5.74, 6) is -4.52. The number of aromatic hydroxyl groups is 3. The van der Waals surface area contributed by atoms with Gasteiger partial charge in [-0.2, -0.15) is 5.10 Å². The van der Waals surface area contributed by atoms with Gasteiger partial charge in [0.15, 0.2) is 11.5 Å². The molecule has 0 spiro atoms. The van der Waals surface area contributed by atoms with E-state index in [1.165, 1.54) is 22.9 Å². The fraction of sp³-hybridized carbons (Fsp3) is 0.333. The molecule has 3 atom stereocenters. The molecule has 0 aliphatic carbocycles. The Kier molecular flexibility index (Phi) is 4.18. The highest BCUT2D eigenvalue weighted by Crippen LogP contribution is 2.50. The van der Waals surface area contributed by atoms with E-state index in [1.807, 2.05) is 0 Å². The first-order chi connectivity index (χ1) is 12.2. The first kappa shape index (κ1) is 17.9. The topological polar surface area (TPSA) is 160 Å². The predicted molar refractivity (Wildman–Crippen MR) is 90.1 cm³/mol. The van der Waals surface area contributed by atoms with Crippen molar-refractivity contribution >= 4 is 35.8 Å².